The standard InChI is InChI=1S/C14H11BrF3N3O4/c1-24-12(23)13(14(16,17)18,20-10-5-4-8(15)7-19-10)21-11(22)9-3-2-6-25-9/h2-7H,1H3,(H,19,20)(H,21,22)/t13-/m0/s1. The van der Waals surface area contributed by atoms with Crippen molar-refractivity contribution in [3.8, 4) is 0 Å². The second kappa shape index (κ2) is 7.13. The third-order valence-electron chi connectivity index (χ3n) is 3.01. The Bertz CT molecular complexity index is 750. The number of methoxy groups -OCH3 is 1. The average molecular weight is 422 g/mol. The molecule has 2 N–H and O–H groups in total. The minimum absolute atomic E-state index is 0.314. The van der Waals surface area contributed by atoms with Gasteiger partial charge in [-0.25, -0.2) is 9.78 Å². The van der Waals surface area contributed by atoms with Gasteiger partial charge in [0.15, 0.2) is 5.76 Å². The van der Waals surface area contributed by atoms with Crippen LogP contribution in [0.5, 0.6) is 0 Å². The molecule has 1 atom stereocenters. The molecule has 0 aliphatic heterocycles. The number of halogens is 4. The van der Waals surface area contributed by atoms with Crippen LogP contribution in [0.1, 0.15) is 10.6 Å². The van der Waals surface area contributed by atoms with Crippen molar-refractivity contribution in [2.24, 2.45) is 0 Å². The number of carbonyl (C=O) groups excluding carboxylic acids is 2. The number of alkyl halides is 3. The van der Waals surface area contributed by atoms with Crippen LogP contribution in [0.3, 0.4) is 0 Å². The van der Waals surface area contributed by atoms with Crippen LogP contribution in [0.25, 0.3) is 0 Å². The lowest BCUT2D eigenvalue weighted by Gasteiger charge is -2.34. The van der Waals surface area contributed by atoms with Crippen molar-refractivity contribution in [3.63, 3.8) is 0 Å². The van der Waals surface area contributed by atoms with Crippen molar-refractivity contribution in [2.45, 2.75) is 11.8 Å². The molecule has 0 aromatic carbocycles. The van der Waals surface area contributed by atoms with Gasteiger partial charge in [0.25, 0.3) is 5.91 Å². The third-order valence-corrected chi connectivity index (χ3v) is 3.47. The first kappa shape index (κ1) is 18.8. The Morgan fingerprint density at radius 3 is 2.48 bits per heavy atom. The van der Waals surface area contributed by atoms with Gasteiger partial charge < -0.3 is 19.8 Å². The highest BCUT2D eigenvalue weighted by atomic mass is 79.9. The van der Waals surface area contributed by atoms with E-state index in [-0.39, 0.29) is 5.82 Å². The second-order valence-electron chi connectivity index (χ2n) is 4.66. The van der Waals surface area contributed by atoms with Gasteiger partial charge in [-0.05, 0) is 40.2 Å². The van der Waals surface area contributed by atoms with Gasteiger partial charge in [-0.1, -0.05) is 0 Å². The maximum atomic E-state index is 13.7. The largest absolute Gasteiger partial charge is 0.466 e. The maximum Gasteiger partial charge on any atom is 0.441 e. The number of ether oxygens (including phenoxy) is 1. The quantitative estimate of drug-likeness (QED) is 0.569. The van der Waals surface area contributed by atoms with Crippen LogP contribution in [0.4, 0.5) is 19.0 Å². The van der Waals surface area contributed by atoms with Crippen molar-refractivity contribution < 1.29 is 31.9 Å². The summed E-state index contributed by atoms with van der Waals surface area (Å²) in [6.07, 6.45) is -2.93. The van der Waals surface area contributed by atoms with E-state index in [1.165, 1.54) is 24.4 Å². The number of carbonyl (C=O) groups is 2. The molecular weight excluding hydrogens is 411 g/mol. The predicted octanol–water partition coefficient (Wildman–Crippen LogP) is 2.71. The number of esters is 1. The molecule has 0 aliphatic rings. The van der Waals surface area contributed by atoms with E-state index in [0.717, 1.165) is 19.4 Å². The Kier molecular flexibility index (Phi) is 5.36. The van der Waals surface area contributed by atoms with E-state index in [1.807, 2.05) is 5.32 Å². The summed E-state index contributed by atoms with van der Waals surface area (Å²) in [6, 6.07) is 5.05. The zero-order chi connectivity index (χ0) is 18.7. The van der Waals surface area contributed by atoms with Crippen LogP contribution < -0.4 is 10.6 Å². The lowest BCUT2D eigenvalue weighted by atomic mass is 10.1. The SMILES string of the molecule is COC(=O)[C@@](NC(=O)c1ccco1)(Nc1ccc(Br)cn1)C(F)(F)F. The fourth-order valence-corrected chi connectivity index (χ4v) is 2.06. The van der Waals surface area contributed by atoms with Gasteiger partial charge in [-0.15, -0.1) is 0 Å². The summed E-state index contributed by atoms with van der Waals surface area (Å²) < 4.78 is 50.7. The van der Waals surface area contributed by atoms with Gasteiger partial charge >= 0.3 is 17.8 Å². The van der Waals surface area contributed by atoms with Crippen LogP contribution in [-0.2, 0) is 9.53 Å². The van der Waals surface area contributed by atoms with Crippen molar-refractivity contribution in [2.75, 3.05) is 12.4 Å². The molecule has 25 heavy (non-hydrogen) atoms. The average Bonchev–Trinajstić information content (AvgIpc) is 3.09. The number of nitrogens with zero attached hydrogens (tertiary/aromatic N) is 1. The summed E-state index contributed by atoms with van der Waals surface area (Å²) in [6.45, 7) is 0. The number of rotatable bonds is 5. The monoisotopic (exact) mass is 421 g/mol. The normalized spacial score (nSPS) is 13.6. The van der Waals surface area contributed by atoms with Crippen LogP contribution in [0, 0.1) is 0 Å². The Morgan fingerprint density at radius 2 is 2.00 bits per heavy atom. The second-order valence-corrected chi connectivity index (χ2v) is 5.57. The smallest absolute Gasteiger partial charge is 0.441 e. The molecule has 2 rings (SSSR count). The van der Waals surface area contributed by atoms with Crippen LogP contribution in [0.2, 0.25) is 0 Å². The van der Waals surface area contributed by atoms with Gasteiger partial charge in [-0.2, -0.15) is 13.2 Å². The van der Waals surface area contributed by atoms with Crippen molar-refractivity contribution >= 4 is 33.6 Å². The minimum atomic E-state index is -5.25. The topological polar surface area (TPSA) is 93.5 Å². The van der Waals surface area contributed by atoms with E-state index in [0.29, 0.717) is 4.47 Å². The minimum Gasteiger partial charge on any atom is -0.466 e. The fraction of sp³-hybridized carbons (Fsp3) is 0.214. The third kappa shape index (κ3) is 3.92. The predicted molar refractivity (Wildman–Crippen MR) is 82.5 cm³/mol. The summed E-state index contributed by atoms with van der Waals surface area (Å²) >= 11 is 3.09. The number of furan rings is 1. The van der Waals surface area contributed by atoms with Crippen molar-refractivity contribution in [1.82, 2.24) is 10.3 Å². The van der Waals surface area contributed by atoms with E-state index < -0.39 is 29.5 Å². The molecule has 134 valence electrons. The Labute approximate surface area is 147 Å². The first-order chi connectivity index (χ1) is 11.7. The molecule has 0 bridgehead atoms. The summed E-state index contributed by atoms with van der Waals surface area (Å²) in [7, 11) is 0.762. The van der Waals surface area contributed by atoms with Gasteiger partial charge in [0.05, 0.1) is 13.4 Å². The molecule has 0 fully saturated rings. The molecule has 0 unspecified atom stereocenters. The zero-order valence-corrected chi connectivity index (χ0v) is 14.1. The molecule has 0 saturated carbocycles. The molecule has 0 aliphatic carbocycles. The molecule has 2 heterocycles. The number of pyridine rings is 1. The van der Waals surface area contributed by atoms with E-state index >= 15 is 0 Å². The molecule has 0 radical (unpaired) electrons. The molecule has 2 aromatic rings. The molecule has 7 nitrogen and oxygen atoms in total. The highest BCUT2D eigenvalue weighted by Gasteiger charge is 2.64. The number of hydrogen-bond donors (Lipinski definition) is 2. The Morgan fingerprint density at radius 1 is 1.28 bits per heavy atom. The van der Waals surface area contributed by atoms with E-state index in [2.05, 4.69) is 25.7 Å². The number of hydrogen-bond acceptors (Lipinski definition) is 6. The number of aromatic nitrogens is 1. The lowest BCUT2D eigenvalue weighted by Crippen LogP contribution is -2.69. The Balaban J connectivity index is 2.46. The Hall–Kier alpha value is -2.56. The molecule has 0 spiro atoms. The number of anilines is 1. The van der Waals surface area contributed by atoms with Crippen molar-refractivity contribution in [3.05, 3.63) is 47.0 Å². The maximum absolute atomic E-state index is 13.7. The molecule has 11 heteroatoms. The zero-order valence-electron chi connectivity index (χ0n) is 12.6. The number of amides is 1. The van der Waals surface area contributed by atoms with E-state index in [4.69, 9.17) is 4.42 Å². The van der Waals surface area contributed by atoms with Gasteiger partial charge in [0.1, 0.15) is 5.82 Å². The first-order valence-corrected chi connectivity index (χ1v) is 7.40. The summed E-state index contributed by atoms with van der Waals surface area (Å²) in [5, 5.41) is 3.49. The fourth-order valence-electron chi connectivity index (χ4n) is 1.83. The lowest BCUT2D eigenvalue weighted by molar-refractivity contribution is -0.203. The van der Waals surface area contributed by atoms with Crippen LogP contribution in [-0.4, -0.2) is 35.8 Å². The summed E-state index contributed by atoms with van der Waals surface area (Å²) in [4.78, 5) is 27.7. The highest BCUT2D eigenvalue weighted by molar-refractivity contribution is 9.10. The van der Waals surface area contributed by atoms with E-state index in [9.17, 15) is 22.8 Å². The van der Waals surface area contributed by atoms with Gasteiger partial charge in [0.2, 0.25) is 0 Å². The first-order valence-electron chi connectivity index (χ1n) is 6.60. The molecular formula is C14H11BrF3N3O4. The van der Waals surface area contributed by atoms with Gasteiger partial charge in [-0.3, -0.25) is 4.79 Å². The van der Waals surface area contributed by atoms with Crippen LogP contribution in [0.15, 0.2) is 45.6 Å². The molecule has 1 amide bonds. The number of nitrogens with one attached hydrogen (secondary N) is 2. The molecule has 2 aromatic heterocycles. The molecule has 0 saturated heterocycles. The summed E-state index contributed by atoms with van der Waals surface area (Å²) in [5.41, 5.74) is -3.56. The summed E-state index contributed by atoms with van der Waals surface area (Å²) in [5.74, 6) is -3.77. The van der Waals surface area contributed by atoms with E-state index in [1.54, 1.807) is 5.32 Å². The highest BCUT2D eigenvalue weighted by Crippen LogP contribution is 2.33. The van der Waals surface area contributed by atoms with Crippen molar-refractivity contribution in [1.29, 1.82) is 0 Å². The van der Waals surface area contributed by atoms with Gasteiger partial charge in [0, 0.05) is 10.7 Å². The van der Waals surface area contributed by atoms with Crippen LogP contribution >= 0.6 is 15.9 Å².